The largest absolute Gasteiger partial charge is 0.439 e. The Morgan fingerprint density at radius 1 is 1.27 bits per heavy atom. The number of ether oxygens (including phenoxy) is 1. The molecule has 1 aromatic carbocycles. The number of nitrogens with zero attached hydrogens (tertiary/aromatic N) is 3. The first-order valence-electron chi connectivity index (χ1n) is 7.77. The zero-order valence-electron chi connectivity index (χ0n) is 13.7. The molecule has 3 heterocycles. The molecule has 0 unspecified atom stereocenters. The fraction of sp³-hybridized carbons (Fsp3) is 0.111. The lowest BCUT2D eigenvalue weighted by Gasteiger charge is -2.36. The van der Waals surface area contributed by atoms with Crippen molar-refractivity contribution in [3.8, 4) is 6.07 Å². The van der Waals surface area contributed by atoms with Crippen LogP contribution < -0.4 is 10.0 Å². The highest BCUT2D eigenvalue weighted by molar-refractivity contribution is 7.96. The number of rotatable bonds is 1. The molecule has 26 heavy (non-hydrogen) atoms. The van der Waals surface area contributed by atoms with Gasteiger partial charge in [-0.2, -0.15) is 5.26 Å². The second-order valence-corrected chi connectivity index (χ2v) is 7.83. The van der Waals surface area contributed by atoms with Crippen molar-refractivity contribution < 1.29 is 13.2 Å². The molecule has 4 rings (SSSR count). The Balaban J connectivity index is 2.09. The predicted molar refractivity (Wildman–Crippen MR) is 95.6 cm³/mol. The van der Waals surface area contributed by atoms with E-state index in [0.717, 1.165) is 0 Å². The van der Waals surface area contributed by atoms with Gasteiger partial charge in [0.05, 0.1) is 11.6 Å². The van der Waals surface area contributed by atoms with E-state index in [0.29, 0.717) is 16.8 Å². The smallest absolute Gasteiger partial charge is 0.264 e. The number of pyridine rings is 1. The molecule has 0 saturated heterocycles. The predicted octanol–water partition coefficient (Wildman–Crippen LogP) is 2.04. The number of nitrogens with two attached hydrogens (primary N) is 1. The Morgan fingerprint density at radius 2 is 2.04 bits per heavy atom. The Morgan fingerprint density at radius 3 is 2.73 bits per heavy atom. The molecule has 7 nitrogen and oxygen atoms in total. The van der Waals surface area contributed by atoms with Crippen molar-refractivity contribution in [1.82, 2.24) is 4.98 Å². The molecule has 0 bridgehead atoms. The van der Waals surface area contributed by atoms with Gasteiger partial charge in [0.2, 0.25) is 5.88 Å². The van der Waals surface area contributed by atoms with Crippen LogP contribution in [0.1, 0.15) is 17.0 Å². The van der Waals surface area contributed by atoms with E-state index in [4.69, 9.17) is 10.5 Å². The number of fused-ring (bicyclic) bond motifs is 2. The van der Waals surface area contributed by atoms with E-state index in [1.807, 2.05) is 6.07 Å². The van der Waals surface area contributed by atoms with Crippen LogP contribution in [0.25, 0.3) is 5.76 Å². The van der Waals surface area contributed by atoms with E-state index in [1.165, 1.54) is 17.5 Å². The van der Waals surface area contributed by atoms with E-state index in [9.17, 15) is 13.7 Å². The van der Waals surface area contributed by atoms with Crippen molar-refractivity contribution >= 4 is 21.5 Å². The van der Waals surface area contributed by atoms with Gasteiger partial charge in [0.1, 0.15) is 16.5 Å². The highest BCUT2D eigenvalue weighted by atomic mass is 32.2. The highest BCUT2D eigenvalue weighted by Crippen LogP contribution is 2.50. The molecule has 0 fully saturated rings. The number of aromatic nitrogens is 1. The number of allylic oxidation sites excluding steroid dienone is 2. The van der Waals surface area contributed by atoms with Gasteiger partial charge in [-0.3, -0.25) is 9.29 Å². The van der Waals surface area contributed by atoms with Crippen LogP contribution in [-0.2, 0) is 14.8 Å². The fourth-order valence-electron chi connectivity index (χ4n) is 3.28. The molecule has 1 aromatic heterocycles. The average Bonchev–Trinajstić information content (AvgIpc) is 2.66. The van der Waals surface area contributed by atoms with Gasteiger partial charge in [-0.1, -0.05) is 18.2 Å². The summed E-state index contributed by atoms with van der Waals surface area (Å²) >= 11 is 0. The normalized spacial score (nSPS) is 20.8. The topological polar surface area (TPSA) is 109 Å². The second kappa shape index (κ2) is 5.61. The van der Waals surface area contributed by atoms with Gasteiger partial charge >= 0.3 is 0 Å². The van der Waals surface area contributed by atoms with E-state index in [2.05, 4.69) is 4.98 Å². The zero-order chi connectivity index (χ0) is 18.5. The average molecular weight is 366 g/mol. The molecule has 0 radical (unpaired) electrons. The van der Waals surface area contributed by atoms with Gasteiger partial charge < -0.3 is 10.5 Å². The molecule has 0 spiro atoms. The van der Waals surface area contributed by atoms with Gasteiger partial charge in [0, 0.05) is 25.0 Å². The van der Waals surface area contributed by atoms with Gasteiger partial charge in [-0.25, -0.2) is 8.42 Å². The zero-order valence-corrected chi connectivity index (χ0v) is 14.6. The molecular formula is C18H14N4O3S. The molecular weight excluding hydrogens is 352 g/mol. The summed E-state index contributed by atoms with van der Waals surface area (Å²) < 4.78 is 33.4. The van der Waals surface area contributed by atoms with Crippen molar-refractivity contribution in [1.29, 1.82) is 5.26 Å². The summed E-state index contributed by atoms with van der Waals surface area (Å²) in [5, 5.41) is 9.60. The Labute approximate surface area is 150 Å². The van der Waals surface area contributed by atoms with Crippen LogP contribution in [0.5, 0.6) is 0 Å². The standard InChI is InChI=1S/C18H14N4O3S/c1-22-14-7-3-2-6-12(14)16-17(26(22,23)24)15(11-5-4-8-21-10-11)13(9-19)18(20)25-16/h2-8,10,15H,20H2,1H3/t15-/m0/s1. The van der Waals surface area contributed by atoms with Gasteiger partial charge in [-0.05, 0) is 23.8 Å². The molecule has 0 saturated carbocycles. The molecule has 0 aliphatic carbocycles. The summed E-state index contributed by atoms with van der Waals surface area (Å²) in [5.74, 6) is -0.822. The third-order valence-corrected chi connectivity index (χ3v) is 6.41. The molecule has 2 aliphatic heterocycles. The van der Waals surface area contributed by atoms with Gasteiger partial charge in [0.15, 0.2) is 5.76 Å². The minimum atomic E-state index is -3.92. The lowest BCUT2D eigenvalue weighted by molar-refractivity contribution is 0.357. The number of hydrogen-bond donors (Lipinski definition) is 1. The number of sulfonamides is 1. The molecule has 130 valence electrons. The third-order valence-electron chi connectivity index (χ3n) is 4.52. The van der Waals surface area contributed by atoms with Crippen LogP contribution in [-0.4, -0.2) is 20.4 Å². The maximum Gasteiger partial charge on any atom is 0.264 e. The maximum atomic E-state index is 13.3. The summed E-state index contributed by atoms with van der Waals surface area (Å²) in [4.78, 5) is 4.06. The number of para-hydroxylation sites is 1. The van der Waals surface area contributed by atoms with Crippen LogP contribution in [0.3, 0.4) is 0 Å². The lowest BCUT2D eigenvalue weighted by atomic mass is 9.89. The second-order valence-electron chi connectivity index (χ2n) is 5.89. The van der Waals surface area contributed by atoms with Gasteiger partial charge in [-0.15, -0.1) is 0 Å². The van der Waals surface area contributed by atoms with Crippen LogP contribution in [0.2, 0.25) is 0 Å². The Hall–Kier alpha value is -3.31. The Bertz CT molecular complexity index is 1110. The molecule has 1 atom stereocenters. The van der Waals surface area contributed by atoms with Gasteiger partial charge in [0.25, 0.3) is 10.0 Å². The fourth-order valence-corrected chi connectivity index (χ4v) is 4.93. The van der Waals surface area contributed by atoms with E-state index < -0.39 is 15.9 Å². The van der Waals surface area contributed by atoms with Crippen molar-refractivity contribution in [3.05, 3.63) is 76.3 Å². The Kier molecular flexibility index (Phi) is 3.49. The number of anilines is 1. The first-order valence-corrected chi connectivity index (χ1v) is 9.21. The van der Waals surface area contributed by atoms with E-state index >= 15 is 0 Å². The minimum absolute atomic E-state index is 0.00236. The summed E-state index contributed by atoms with van der Waals surface area (Å²) in [7, 11) is -2.44. The summed E-state index contributed by atoms with van der Waals surface area (Å²) in [6.45, 7) is 0. The van der Waals surface area contributed by atoms with Crippen molar-refractivity contribution in [3.63, 3.8) is 0 Å². The molecule has 0 amide bonds. The van der Waals surface area contributed by atoms with Crippen molar-refractivity contribution in [2.24, 2.45) is 5.73 Å². The van der Waals surface area contributed by atoms with Crippen LogP contribution >= 0.6 is 0 Å². The first-order chi connectivity index (χ1) is 12.5. The lowest BCUT2D eigenvalue weighted by Crippen LogP contribution is -2.37. The number of benzene rings is 1. The summed E-state index contributed by atoms with van der Waals surface area (Å²) in [6.07, 6.45) is 3.11. The first kappa shape index (κ1) is 16.2. The molecule has 2 aromatic rings. The number of hydrogen-bond acceptors (Lipinski definition) is 6. The van der Waals surface area contributed by atoms with E-state index in [1.54, 1.807) is 42.6 Å². The quantitative estimate of drug-likeness (QED) is 0.827. The summed E-state index contributed by atoms with van der Waals surface area (Å²) in [6, 6.07) is 12.4. The maximum absolute atomic E-state index is 13.3. The monoisotopic (exact) mass is 366 g/mol. The van der Waals surface area contributed by atoms with Crippen molar-refractivity contribution in [2.75, 3.05) is 11.4 Å². The SMILES string of the molecule is CN1c2ccccc2C2=C([C@@H](c3cccnc3)C(C#N)=C(N)O2)S1(=O)=O. The molecule has 2 aliphatic rings. The van der Waals surface area contributed by atoms with Crippen LogP contribution in [0, 0.1) is 11.3 Å². The molecule has 2 N–H and O–H groups in total. The molecule has 8 heteroatoms. The van der Waals surface area contributed by atoms with E-state index in [-0.39, 0.29) is 22.1 Å². The highest BCUT2D eigenvalue weighted by Gasteiger charge is 2.46. The number of nitriles is 1. The minimum Gasteiger partial charge on any atom is -0.439 e. The third kappa shape index (κ3) is 2.11. The van der Waals surface area contributed by atoms with Crippen LogP contribution in [0.15, 0.2) is 65.2 Å². The van der Waals surface area contributed by atoms with Crippen LogP contribution in [0.4, 0.5) is 5.69 Å². The summed E-state index contributed by atoms with van der Waals surface area (Å²) in [5.41, 5.74) is 7.68. The van der Waals surface area contributed by atoms with Crippen molar-refractivity contribution in [2.45, 2.75) is 5.92 Å².